The molecule has 2 amide bonds. The SMILES string of the molecule is CCN(CC)S(=O)(=O)c1ccc(C(=O)NCC(=O)OC(C)C(=O)Nc2cc(C)ccc2C)cc1. The van der Waals surface area contributed by atoms with Crippen molar-refractivity contribution in [1.82, 2.24) is 9.62 Å². The lowest BCUT2D eigenvalue weighted by atomic mass is 10.1. The average Bonchev–Trinajstić information content (AvgIpc) is 2.80. The Labute approximate surface area is 200 Å². The molecule has 9 nitrogen and oxygen atoms in total. The molecule has 1 atom stereocenters. The Bertz CT molecular complexity index is 1140. The van der Waals surface area contributed by atoms with E-state index in [-0.39, 0.29) is 10.5 Å². The predicted molar refractivity (Wildman–Crippen MR) is 129 cm³/mol. The third-order valence-corrected chi connectivity index (χ3v) is 7.25. The van der Waals surface area contributed by atoms with Crippen LogP contribution in [0.5, 0.6) is 0 Å². The van der Waals surface area contributed by atoms with Crippen LogP contribution in [-0.2, 0) is 24.3 Å². The molecule has 0 aliphatic rings. The number of carbonyl (C=O) groups is 3. The van der Waals surface area contributed by atoms with E-state index in [1.807, 2.05) is 32.0 Å². The Balaban J connectivity index is 1.90. The van der Waals surface area contributed by atoms with Gasteiger partial charge in [-0.25, -0.2) is 8.42 Å². The minimum atomic E-state index is -3.63. The summed E-state index contributed by atoms with van der Waals surface area (Å²) < 4.78 is 31.5. The molecule has 10 heteroatoms. The number of hydrogen-bond acceptors (Lipinski definition) is 6. The minimum Gasteiger partial charge on any atom is -0.451 e. The third kappa shape index (κ3) is 6.88. The molecule has 0 heterocycles. The summed E-state index contributed by atoms with van der Waals surface area (Å²) in [5.74, 6) is -1.84. The van der Waals surface area contributed by atoms with E-state index < -0.39 is 40.5 Å². The molecule has 34 heavy (non-hydrogen) atoms. The van der Waals surface area contributed by atoms with Crippen molar-refractivity contribution in [3.8, 4) is 0 Å². The molecule has 1 unspecified atom stereocenters. The second-order valence-electron chi connectivity index (χ2n) is 7.74. The minimum absolute atomic E-state index is 0.0795. The lowest BCUT2D eigenvalue weighted by molar-refractivity contribution is -0.152. The fraction of sp³-hybridized carbons (Fsp3) is 0.375. The molecular formula is C24H31N3O6S. The van der Waals surface area contributed by atoms with Gasteiger partial charge in [0.1, 0.15) is 6.54 Å². The van der Waals surface area contributed by atoms with Crippen molar-refractivity contribution in [3.63, 3.8) is 0 Å². The number of hydrogen-bond donors (Lipinski definition) is 2. The van der Waals surface area contributed by atoms with E-state index >= 15 is 0 Å². The number of nitrogens with zero attached hydrogens (tertiary/aromatic N) is 1. The summed E-state index contributed by atoms with van der Waals surface area (Å²) in [5, 5.41) is 5.13. The maximum Gasteiger partial charge on any atom is 0.326 e. The van der Waals surface area contributed by atoms with Crippen molar-refractivity contribution in [2.75, 3.05) is 25.0 Å². The fourth-order valence-electron chi connectivity index (χ4n) is 3.14. The summed E-state index contributed by atoms with van der Waals surface area (Å²) in [7, 11) is -3.63. The maximum absolute atomic E-state index is 12.5. The van der Waals surface area contributed by atoms with Gasteiger partial charge < -0.3 is 15.4 Å². The van der Waals surface area contributed by atoms with Crippen LogP contribution in [0.4, 0.5) is 5.69 Å². The molecule has 0 aliphatic carbocycles. The fourth-order valence-corrected chi connectivity index (χ4v) is 4.60. The maximum atomic E-state index is 12.5. The number of nitrogens with one attached hydrogen (secondary N) is 2. The molecule has 184 valence electrons. The smallest absolute Gasteiger partial charge is 0.326 e. The highest BCUT2D eigenvalue weighted by Gasteiger charge is 2.22. The number of amides is 2. The Morgan fingerprint density at radius 3 is 2.21 bits per heavy atom. The van der Waals surface area contributed by atoms with Crippen LogP contribution in [-0.4, -0.2) is 56.2 Å². The van der Waals surface area contributed by atoms with Crippen molar-refractivity contribution in [2.45, 2.75) is 45.6 Å². The highest BCUT2D eigenvalue weighted by Crippen LogP contribution is 2.17. The number of ether oxygens (including phenoxy) is 1. The van der Waals surface area contributed by atoms with Gasteiger partial charge in [-0.2, -0.15) is 4.31 Å². The molecule has 0 bridgehead atoms. The largest absolute Gasteiger partial charge is 0.451 e. The van der Waals surface area contributed by atoms with Gasteiger partial charge in [-0.1, -0.05) is 26.0 Å². The molecule has 0 radical (unpaired) electrons. The molecular weight excluding hydrogens is 458 g/mol. The summed E-state index contributed by atoms with van der Waals surface area (Å²) in [6.07, 6.45) is -1.06. The lowest BCUT2D eigenvalue weighted by Gasteiger charge is -2.18. The van der Waals surface area contributed by atoms with E-state index in [0.29, 0.717) is 18.8 Å². The number of sulfonamides is 1. The number of anilines is 1. The van der Waals surface area contributed by atoms with Crippen LogP contribution in [0.2, 0.25) is 0 Å². The Kier molecular flexibility index (Phi) is 9.34. The van der Waals surface area contributed by atoms with E-state index in [0.717, 1.165) is 11.1 Å². The van der Waals surface area contributed by atoms with Gasteiger partial charge in [0, 0.05) is 24.3 Å². The summed E-state index contributed by atoms with van der Waals surface area (Å²) in [6.45, 7) is 8.92. The molecule has 0 spiro atoms. The summed E-state index contributed by atoms with van der Waals surface area (Å²) >= 11 is 0. The first-order valence-electron chi connectivity index (χ1n) is 11.0. The number of benzene rings is 2. The highest BCUT2D eigenvalue weighted by atomic mass is 32.2. The molecule has 2 rings (SSSR count). The van der Waals surface area contributed by atoms with Crippen LogP contribution >= 0.6 is 0 Å². The first-order valence-corrected chi connectivity index (χ1v) is 12.4. The molecule has 0 fully saturated rings. The van der Waals surface area contributed by atoms with E-state index in [2.05, 4.69) is 10.6 Å². The number of esters is 1. The van der Waals surface area contributed by atoms with Crippen LogP contribution in [0, 0.1) is 13.8 Å². The van der Waals surface area contributed by atoms with E-state index in [9.17, 15) is 22.8 Å². The molecule has 2 aromatic rings. The molecule has 0 aromatic heterocycles. The van der Waals surface area contributed by atoms with Gasteiger partial charge in [-0.15, -0.1) is 0 Å². The predicted octanol–water partition coefficient (Wildman–Crippen LogP) is 2.63. The Hall–Kier alpha value is -3.24. The molecule has 0 saturated heterocycles. The Morgan fingerprint density at radius 2 is 1.62 bits per heavy atom. The van der Waals surface area contributed by atoms with Gasteiger partial charge in [0.15, 0.2) is 6.10 Å². The van der Waals surface area contributed by atoms with Gasteiger partial charge >= 0.3 is 5.97 Å². The van der Waals surface area contributed by atoms with Crippen LogP contribution < -0.4 is 10.6 Å². The van der Waals surface area contributed by atoms with Gasteiger partial charge in [-0.3, -0.25) is 14.4 Å². The van der Waals surface area contributed by atoms with Crippen LogP contribution in [0.25, 0.3) is 0 Å². The monoisotopic (exact) mass is 489 g/mol. The zero-order valence-corrected chi connectivity index (χ0v) is 20.9. The van der Waals surface area contributed by atoms with Crippen molar-refractivity contribution in [3.05, 3.63) is 59.2 Å². The summed E-state index contributed by atoms with van der Waals surface area (Å²) in [6, 6.07) is 11.1. The standard InChI is InChI=1S/C24H31N3O6S/c1-6-27(7-2)34(31,32)20-12-10-19(11-13-20)24(30)25-15-22(28)33-18(5)23(29)26-21-14-16(3)8-9-17(21)4/h8-14,18H,6-7,15H2,1-5H3,(H,25,30)(H,26,29). The van der Waals surface area contributed by atoms with E-state index in [1.54, 1.807) is 13.8 Å². The highest BCUT2D eigenvalue weighted by molar-refractivity contribution is 7.89. The van der Waals surface area contributed by atoms with Crippen molar-refractivity contribution < 1.29 is 27.5 Å². The molecule has 0 aliphatic heterocycles. The van der Waals surface area contributed by atoms with Gasteiger partial charge in [-0.05, 0) is 62.2 Å². The second kappa shape index (κ2) is 11.8. The second-order valence-corrected chi connectivity index (χ2v) is 9.67. The number of rotatable bonds is 10. The van der Waals surface area contributed by atoms with Gasteiger partial charge in [0.2, 0.25) is 10.0 Å². The van der Waals surface area contributed by atoms with Crippen LogP contribution in [0.1, 0.15) is 42.3 Å². The van der Waals surface area contributed by atoms with E-state index in [1.165, 1.54) is 35.5 Å². The van der Waals surface area contributed by atoms with Crippen LogP contribution in [0.15, 0.2) is 47.4 Å². The molecule has 2 aromatic carbocycles. The summed E-state index contributed by atoms with van der Waals surface area (Å²) in [5.41, 5.74) is 2.67. The van der Waals surface area contributed by atoms with E-state index in [4.69, 9.17) is 4.74 Å². The summed E-state index contributed by atoms with van der Waals surface area (Å²) in [4.78, 5) is 36.8. The quantitative estimate of drug-likeness (QED) is 0.495. The lowest BCUT2D eigenvalue weighted by Crippen LogP contribution is -2.36. The topological polar surface area (TPSA) is 122 Å². The Morgan fingerprint density at radius 1 is 1.00 bits per heavy atom. The first kappa shape index (κ1) is 27.0. The van der Waals surface area contributed by atoms with Gasteiger partial charge in [0.05, 0.1) is 4.90 Å². The third-order valence-electron chi connectivity index (χ3n) is 5.18. The number of aryl methyl sites for hydroxylation is 2. The zero-order valence-electron chi connectivity index (χ0n) is 20.0. The normalized spacial score (nSPS) is 12.2. The van der Waals surface area contributed by atoms with Crippen molar-refractivity contribution in [1.29, 1.82) is 0 Å². The van der Waals surface area contributed by atoms with Crippen LogP contribution in [0.3, 0.4) is 0 Å². The first-order chi connectivity index (χ1) is 16.0. The number of carbonyl (C=O) groups excluding carboxylic acids is 3. The zero-order chi connectivity index (χ0) is 25.5. The average molecular weight is 490 g/mol. The molecule has 2 N–H and O–H groups in total. The van der Waals surface area contributed by atoms with Crippen molar-refractivity contribution in [2.24, 2.45) is 0 Å². The van der Waals surface area contributed by atoms with Gasteiger partial charge in [0.25, 0.3) is 11.8 Å². The van der Waals surface area contributed by atoms with Crippen molar-refractivity contribution >= 4 is 33.5 Å². The molecule has 0 saturated carbocycles.